The van der Waals surface area contributed by atoms with Crippen molar-refractivity contribution in [1.82, 2.24) is 9.55 Å². The highest BCUT2D eigenvalue weighted by atomic mass is 127. The highest BCUT2D eigenvalue weighted by Crippen LogP contribution is 2.40. The van der Waals surface area contributed by atoms with Gasteiger partial charge in [0.25, 0.3) is 0 Å². The highest BCUT2D eigenvalue weighted by Gasteiger charge is 2.57. The van der Waals surface area contributed by atoms with Gasteiger partial charge in [-0.15, -0.1) is 37.1 Å². The van der Waals surface area contributed by atoms with Gasteiger partial charge < -0.3 is 25.5 Å². The summed E-state index contributed by atoms with van der Waals surface area (Å²) in [4.78, 5) is 7.27. The van der Waals surface area contributed by atoms with Gasteiger partial charge in [0.1, 0.15) is 11.6 Å². The van der Waals surface area contributed by atoms with E-state index in [1.807, 2.05) is 0 Å². The molecule has 7 nitrogen and oxygen atoms in total. The number of aliphatic hydroxyl groups is 1. The fourth-order valence-corrected chi connectivity index (χ4v) is 2.41. The van der Waals surface area contributed by atoms with Crippen LogP contribution in [0.1, 0.15) is 12.2 Å². The molecule has 0 amide bonds. The summed E-state index contributed by atoms with van der Waals surface area (Å²) in [5.74, 6) is -1.34. The predicted molar refractivity (Wildman–Crippen MR) is 106 cm³/mol. The Morgan fingerprint density at radius 2 is 1.80 bits per heavy atom. The summed E-state index contributed by atoms with van der Waals surface area (Å²) in [6, 6.07) is 4.46. The number of benzene rings is 1. The zero-order valence-corrected chi connectivity index (χ0v) is 17.7. The summed E-state index contributed by atoms with van der Waals surface area (Å²) in [6.45, 7) is -0.503. The van der Waals surface area contributed by atoms with Gasteiger partial charge in [-0.3, -0.25) is 4.99 Å². The first-order chi connectivity index (χ1) is 13.3. The first kappa shape index (κ1) is 25.8. The Labute approximate surface area is 184 Å². The van der Waals surface area contributed by atoms with Crippen LogP contribution in [0.4, 0.5) is 32.0 Å². The number of aryl methyl sites for hydroxylation is 1. The van der Waals surface area contributed by atoms with Crippen LogP contribution in [0.15, 0.2) is 41.7 Å². The third-order valence-electron chi connectivity index (χ3n) is 3.78. The van der Waals surface area contributed by atoms with E-state index in [2.05, 4.69) is 20.0 Å². The Morgan fingerprint density at radius 3 is 2.27 bits per heavy atom. The molecule has 2 aromatic rings. The fraction of sp³-hybridized carbons (Fsp3) is 0.375. The molecule has 0 saturated carbocycles. The van der Waals surface area contributed by atoms with Crippen molar-refractivity contribution in [3.8, 4) is 5.75 Å². The lowest BCUT2D eigenvalue weighted by Gasteiger charge is -2.29. The Morgan fingerprint density at radius 1 is 1.20 bits per heavy atom. The van der Waals surface area contributed by atoms with E-state index in [4.69, 9.17) is 5.73 Å². The van der Waals surface area contributed by atoms with E-state index in [-0.39, 0.29) is 35.6 Å². The number of ether oxygens (including phenoxy) is 1. The van der Waals surface area contributed by atoms with Crippen molar-refractivity contribution < 1.29 is 36.2 Å². The van der Waals surface area contributed by atoms with Crippen LogP contribution in [0.2, 0.25) is 0 Å². The van der Waals surface area contributed by atoms with Crippen molar-refractivity contribution in [2.75, 3.05) is 11.9 Å². The zero-order chi connectivity index (χ0) is 21.9. The molecule has 0 fully saturated rings. The number of alkyl halides is 6. The van der Waals surface area contributed by atoms with Gasteiger partial charge in [0.15, 0.2) is 5.96 Å². The average Bonchev–Trinajstić information content (AvgIpc) is 3.00. The molecule has 1 heterocycles. The molecule has 0 bridgehead atoms. The van der Waals surface area contributed by atoms with Crippen LogP contribution >= 0.6 is 24.0 Å². The van der Waals surface area contributed by atoms with E-state index < -0.39 is 42.7 Å². The van der Waals surface area contributed by atoms with Gasteiger partial charge in [-0.1, -0.05) is 0 Å². The van der Waals surface area contributed by atoms with Crippen molar-refractivity contribution in [3.63, 3.8) is 0 Å². The topological polar surface area (TPSA) is 97.7 Å². The first-order valence-electron chi connectivity index (χ1n) is 8.01. The number of aliphatic imine (C=N–C) groups is 1. The summed E-state index contributed by atoms with van der Waals surface area (Å²) in [5, 5.41) is 12.7. The van der Waals surface area contributed by atoms with Crippen LogP contribution in [0.3, 0.4) is 0 Å². The minimum absolute atomic E-state index is 0. The number of rotatable bonds is 6. The number of guanidine groups is 1. The largest absolute Gasteiger partial charge is 0.573 e. The molecule has 0 saturated heterocycles. The Bertz CT molecular complexity index is 853. The maximum absolute atomic E-state index is 13.4. The van der Waals surface area contributed by atoms with Crippen molar-refractivity contribution >= 4 is 35.6 Å². The molecular weight excluding hydrogens is 535 g/mol. The van der Waals surface area contributed by atoms with Crippen LogP contribution in [0, 0.1) is 0 Å². The molecule has 0 spiro atoms. The van der Waals surface area contributed by atoms with Crippen LogP contribution in [-0.4, -0.2) is 39.7 Å². The second-order valence-corrected chi connectivity index (χ2v) is 5.93. The molecule has 168 valence electrons. The molecule has 0 aliphatic rings. The van der Waals surface area contributed by atoms with Crippen LogP contribution in [0.5, 0.6) is 5.75 Å². The number of aromatic nitrogens is 2. The standard InChI is InChI=1S/C16H17F6N5O2.HI/c1-27-9-8-24-12(27)14(28,15(17,18)19)6-7-25-13(23)26-10-2-4-11(5-3-10)29-16(20,21)22;/h2-5,8-9,28H,6-7H2,1H3,(H3,23,25,26);1H. The van der Waals surface area contributed by atoms with Gasteiger partial charge in [-0.25, -0.2) is 4.98 Å². The number of halogens is 7. The maximum Gasteiger partial charge on any atom is 0.573 e. The summed E-state index contributed by atoms with van der Waals surface area (Å²) < 4.78 is 81.3. The lowest BCUT2D eigenvalue weighted by Crippen LogP contribution is -2.45. The molecule has 1 atom stereocenters. The minimum atomic E-state index is -5.00. The molecule has 2 rings (SSSR count). The van der Waals surface area contributed by atoms with Gasteiger partial charge in [0.05, 0.1) is 0 Å². The predicted octanol–water partition coefficient (Wildman–Crippen LogP) is 3.50. The SMILES string of the molecule is Cn1ccnc1C(O)(CCN=C(N)Nc1ccc(OC(F)(F)F)cc1)C(F)(F)F.I. The summed E-state index contributed by atoms with van der Waals surface area (Å²) in [5.41, 5.74) is 2.58. The highest BCUT2D eigenvalue weighted by molar-refractivity contribution is 14.0. The fourth-order valence-electron chi connectivity index (χ4n) is 2.41. The smallest absolute Gasteiger partial charge is 0.406 e. The van der Waals surface area contributed by atoms with E-state index in [1.54, 1.807) is 0 Å². The number of anilines is 1. The number of hydrogen-bond donors (Lipinski definition) is 3. The second kappa shape index (κ2) is 9.72. The van der Waals surface area contributed by atoms with E-state index >= 15 is 0 Å². The quantitative estimate of drug-likeness (QED) is 0.220. The number of nitrogens with two attached hydrogens (primary N) is 1. The molecule has 1 unspecified atom stereocenters. The lowest BCUT2D eigenvalue weighted by atomic mass is 9.98. The van der Waals surface area contributed by atoms with Crippen molar-refractivity contribution in [1.29, 1.82) is 0 Å². The van der Waals surface area contributed by atoms with Gasteiger partial charge >= 0.3 is 12.5 Å². The van der Waals surface area contributed by atoms with E-state index in [1.165, 1.54) is 25.4 Å². The van der Waals surface area contributed by atoms with E-state index in [0.29, 0.717) is 0 Å². The molecule has 0 radical (unpaired) electrons. The summed E-state index contributed by atoms with van der Waals surface area (Å²) in [7, 11) is 1.31. The lowest BCUT2D eigenvalue weighted by molar-refractivity contribution is -0.274. The zero-order valence-electron chi connectivity index (χ0n) is 15.3. The minimum Gasteiger partial charge on any atom is -0.406 e. The van der Waals surface area contributed by atoms with Crippen LogP contribution < -0.4 is 15.8 Å². The monoisotopic (exact) mass is 553 g/mol. The molecule has 14 heteroatoms. The van der Waals surface area contributed by atoms with Crippen LogP contribution in [-0.2, 0) is 12.6 Å². The maximum atomic E-state index is 13.4. The number of nitrogens with zero attached hydrogens (tertiary/aromatic N) is 3. The van der Waals surface area contributed by atoms with Gasteiger partial charge in [0, 0.05) is 38.1 Å². The molecular formula is C16H18F6IN5O2. The molecule has 1 aromatic heterocycles. The van der Waals surface area contributed by atoms with E-state index in [9.17, 15) is 31.4 Å². The normalized spacial score (nSPS) is 14.6. The molecule has 1 aromatic carbocycles. The van der Waals surface area contributed by atoms with E-state index in [0.717, 1.165) is 22.9 Å². The molecule has 0 aliphatic carbocycles. The Hall–Kier alpha value is -2.23. The van der Waals surface area contributed by atoms with Gasteiger partial charge in [0.2, 0.25) is 5.60 Å². The number of hydrogen-bond acceptors (Lipinski definition) is 4. The van der Waals surface area contributed by atoms with Crippen molar-refractivity contribution in [3.05, 3.63) is 42.5 Å². The van der Waals surface area contributed by atoms with Gasteiger partial charge in [-0.2, -0.15) is 13.2 Å². The summed E-state index contributed by atoms with van der Waals surface area (Å²) >= 11 is 0. The average molecular weight is 553 g/mol. The molecule has 4 N–H and O–H groups in total. The third kappa shape index (κ3) is 6.65. The van der Waals surface area contributed by atoms with Crippen molar-refractivity contribution in [2.24, 2.45) is 17.8 Å². The first-order valence-corrected chi connectivity index (χ1v) is 8.01. The molecule has 30 heavy (non-hydrogen) atoms. The van der Waals surface area contributed by atoms with Gasteiger partial charge in [-0.05, 0) is 24.3 Å². The Balaban J connectivity index is 0.00000450. The summed E-state index contributed by atoms with van der Waals surface area (Å²) in [6.07, 6.45) is -8.30. The second-order valence-electron chi connectivity index (χ2n) is 5.93. The van der Waals surface area contributed by atoms with Crippen LogP contribution in [0.25, 0.3) is 0 Å². The molecule has 0 aliphatic heterocycles. The number of nitrogens with one attached hydrogen (secondary N) is 1. The number of imidazole rings is 1. The van der Waals surface area contributed by atoms with Crippen molar-refractivity contribution in [2.45, 2.75) is 24.6 Å². The Kier molecular flexibility index (Phi) is 8.36. The third-order valence-corrected chi connectivity index (χ3v) is 3.78.